The monoisotopic (exact) mass is 423 g/mol. The smallest absolute Gasteiger partial charge is 0.317 e. The number of nitrogens with one attached hydrogen (secondary N) is 2. The molecule has 0 aromatic heterocycles. The fourth-order valence-electron chi connectivity index (χ4n) is 3.25. The van der Waals surface area contributed by atoms with Crippen molar-refractivity contribution in [3.8, 4) is 0 Å². The number of piperidine rings is 1. The van der Waals surface area contributed by atoms with E-state index in [9.17, 15) is 18.0 Å². The minimum atomic E-state index is -3.20. The highest BCUT2D eigenvalue weighted by atomic mass is 32.2. The number of nitrogens with zero attached hydrogens (tertiary/aromatic N) is 1. The zero-order chi connectivity index (χ0) is 21.7. The molecule has 0 unspecified atom stereocenters. The molecule has 0 atom stereocenters. The molecule has 0 aliphatic carbocycles. The van der Waals surface area contributed by atoms with Gasteiger partial charge in [-0.25, -0.2) is 13.2 Å². The van der Waals surface area contributed by atoms with E-state index in [1.165, 1.54) is 6.26 Å². The van der Waals surface area contributed by atoms with Crippen LogP contribution in [0.2, 0.25) is 0 Å². The number of benzene rings is 1. The number of carbonyl (C=O) groups is 2. The topological polar surface area (TPSA) is 95.6 Å². The lowest BCUT2D eigenvalue weighted by atomic mass is 9.97. The zero-order valence-electron chi connectivity index (χ0n) is 17.8. The van der Waals surface area contributed by atoms with Crippen molar-refractivity contribution in [1.29, 1.82) is 0 Å². The molecule has 1 aromatic carbocycles. The quantitative estimate of drug-likeness (QED) is 0.734. The van der Waals surface area contributed by atoms with Gasteiger partial charge in [-0.1, -0.05) is 12.1 Å². The number of sulfone groups is 1. The minimum absolute atomic E-state index is 0.00917. The molecule has 162 valence electrons. The molecule has 3 amide bonds. The third kappa shape index (κ3) is 8.04. The van der Waals surface area contributed by atoms with E-state index >= 15 is 0 Å². The van der Waals surface area contributed by atoms with E-state index in [2.05, 4.69) is 10.6 Å². The van der Waals surface area contributed by atoms with Crippen LogP contribution >= 0.6 is 0 Å². The van der Waals surface area contributed by atoms with Crippen LogP contribution in [0.4, 0.5) is 4.79 Å². The Morgan fingerprint density at radius 2 is 1.69 bits per heavy atom. The van der Waals surface area contributed by atoms with E-state index in [4.69, 9.17) is 0 Å². The number of rotatable bonds is 6. The Morgan fingerprint density at radius 1 is 1.10 bits per heavy atom. The second kappa shape index (κ2) is 9.61. The molecule has 1 aliphatic heterocycles. The van der Waals surface area contributed by atoms with Gasteiger partial charge >= 0.3 is 6.03 Å². The summed E-state index contributed by atoms with van der Waals surface area (Å²) in [6, 6.07) is 6.63. The molecule has 2 rings (SSSR count). The average Bonchev–Trinajstić information content (AvgIpc) is 2.63. The number of amides is 3. The average molecular weight is 424 g/mol. The van der Waals surface area contributed by atoms with Crippen LogP contribution in [0.5, 0.6) is 0 Å². The number of aryl methyl sites for hydroxylation is 1. The first-order valence-corrected chi connectivity index (χ1v) is 12.0. The van der Waals surface area contributed by atoms with Crippen molar-refractivity contribution in [3.05, 3.63) is 29.8 Å². The van der Waals surface area contributed by atoms with Crippen LogP contribution in [-0.2, 0) is 21.1 Å². The third-order valence-electron chi connectivity index (χ3n) is 4.96. The summed E-state index contributed by atoms with van der Waals surface area (Å²) >= 11 is 0. The van der Waals surface area contributed by atoms with Gasteiger partial charge in [0.25, 0.3) is 0 Å². The molecule has 1 aromatic rings. The molecule has 0 bridgehead atoms. The van der Waals surface area contributed by atoms with Crippen LogP contribution in [0.3, 0.4) is 0 Å². The summed E-state index contributed by atoms with van der Waals surface area (Å²) in [7, 11) is -3.20. The van der Waals surface area contributed by atoms with Gasteiger partial charge in [0.05, 0.1) is 4.90 Å². The normalized spacial score (nSPS) is 15.8. The number of hydrogen-bond acceptors (Lipinski definition) is 4. The third-order valence-corrected chi connectivity index (χ3v) is 6.09. The number of hydrogen-bond donors (Lipinski definition) is 2. The van der Waals surface area contributed by atoms with E-state index in [-0.39, 0.29) is 22.4 Å². The lowest BCUT2D eigenvalue weighted by Crippen LogP contribution is -2.51. The van der Waals surface area contributed by atoms with Crippen LogP contribution in [0.1, 0.15) is 45.6 Å². The van der Waals surface area contributed by atoms with Gasteiger partial charge in [0, 0.05) is 37.8 Å². The summed E-state index contributed by atoms with van der Waals surface area (Å²) in [5.41, 5.74) is 0.693. The van der Waals surface area contributed by atoms with Crippen molar-refractivity contribution in [2.75, 3.05) is 25.9 Å². The lowest BCUT2D eigenvalue weighted by Gasteiger charge is -2.34. The number of carbonyl (C=O) groups excluding carboxylic acids is 2. The Morgan fingerprint density at radius 3 is 2.21 bits per heavy atom. The first kappa shape index (κ1) is 23.2. The van der Waals surface area contributed by atoms with Gasteiger partial charge in [0.1, 0.15) is 0 Å². The molecule has 0 spiro atoms. The standard InChI is InChI=1S/C21H33N3O4S/c1-21(2,3)23-20(26)24-13-11-17(12-14-24)15-22-19(25)10-7-16-5-8-18(9-6-16)29(4,27)28/h5-6,8-9,17H,7,10-15H2,1-4H3,(H,22,25)(H,23,26). The van der Waals surface area contributed by atoms with E-state index in [0.717, 1.165) is 18.4 Å². The van der Waals surface area contributed by atoms with Gasteiger partial charge in [-0.3, -0.25) is 4.79 Å². The molecular formula is C21H33N3O4S. The molecule has 0 radical (unpaired) electrons. The fraction of sp³-hybridized carbons (Fsp3) is 0.619. The highest BCUT2D eigenvalue weighted by Gasteiger charge is 2.25. The van der Waals surface area contributed by atoms with Crippen LogP contribution in [0.15, 0.2) is 29.2 Å². The summed E-state index contributed by atoms with van der Waals surface area (Å²) in [5.74, 6) is 0.372. The lowest BCUT2D eigenvalue weighted by molar-refractivity contribution is -0.121. The Hall–Kier alpha value is -2.09. The van der Waals surface area contributed by atoms with Crippen LogP contribution in [0, 0.1) is 5.92 Å². The van der Waals surface area contributed by atoms with Gasteiger partial charge in [0.15, 0.2) is 9.84 Å². The van der Waals surface area contributed by atoms with Gasteiger partial charge in [-0.15, -0.1) is 0 Å². The first-order chi connectivity index (χ1) is 13.4. The first-order valence-electron chi connectivity index (χ1n) is 10.1. The van der Waals surface area contributed by atoms with Gasteiger partial charge < -0.3 is 15.5 Å². The molecule has 0 saturated carbocycles. The minimum Gasteiger partial charge on any atom is -0.356 e. The zero-order valence-corrected chi connectivity index (χ0v) is 18.6. The Labute approximate surface area is 174 Å². The summed E-state index contributed by atoms with van der Waals surface area (Å²) < 4.78 is 23.0. The molecule has 1 aliphatic rings. The number of urea groups is 1. The summed E-state index contributed by atoms with van der Waals surface area (Å²) in [5, 5.41) is 5.97. The van der Waals surface area contributed by atoms with Crippen molar-refractivity contribution in [3.63, 3.8) is 0 Å². The molecule has 7 nitrogen and oxygen atoms in total. The Kier molecular flexibility index (Phi) is 7.68. The van der Waals surface area contributed by atoms with E-state index in [1.807, 2.05) is 25.7 Å². The maximum atomic E-state index is 12.2. The summed E-state index contributed by atoms with van der Waals surface area (Å²) in [6.07, 6.45) is 3.87. The molecule has 2 N–H and O–H groups in total. The highest BCUT2D eigenvalue weighted by Crippen LogP contribution is 2.17. The van der Waals surface area contributed by atoms with Crippen molar-refractivity contribution in [1.82, 2.24) is 15.5 Å². The molecule has 1 fully saturated rings. The summed E-state index contributed by atoms with van der Waals surface area (Å²) in [4.78, 5) is 26.4. The van der Waals surface area contributed by atoms with E-state index in [0.29, 0.717) is 38.4 Å². The summed E-state index contributed by atoms with van der Waals surface area (Å²) in [6.45, 7) is 7.93. The van der Waals surface area contributed by atoms with Gasteiger partial charge in [0.2, 0.25) is 5.91 Å². The SMILES string of the molecule is CC(C)(C)NC(=O)N1CCC(CNC(=O)CCc2ccc(S(C)(=O)=O)cc2)CC1. The molecular weight excluding hydrogens is 390 g/mol. The van der Waals surface area contributed by atoms with Crippen molar-refractivity contribution >= 4 is 21.8 Å². The second-order valence-corrected chi connectivity index (χ2v) is 10.8. The van der Waals surface area contributed by atoms with Gasteiger partial charge in [-0.2, -0.15) is 0 Å². The van der Waals surface area contributed by atoms with Crippen molar-refractivity contribution in [2.45, 2.75) is 56.9 Å². The van der Waals surface area contributed by atoms with Crippen molar-refractivity contribution < 1.29 is 18.0 Å². The van der Waals surface area contributed by atoms with Crippen molar-refractivity contribution in [2.24, 2.45) is 5.92 Å². The molecule has 29 heavy (non-hydrogen) atoms. The number of likely N-dealkylation sites (tertiary alicyclic amines) is 1. The van der Waals surface area contributed by atoms with E-state index < -0.39 is 9.84 Å². The molecule has 1 saturated heterocycles. The Balaban J connectivity index is 1.68. The fourth-order valence-corrected chi connectivity index (χ4v) is 3.88. The molecule has 8 heteroatoms. The van der Waals surface area contributed by atoms with Gasteiger partial charge in [-0.05, 0) is 63.6 Å². The predicted molar refractivity (Wildman–Crippen MR) is 113 cm³/mol. The maximum Gasteiger partial charge on any atom is 0.317 e. The Bertz CT molecular complexity index is 805. The van der Waals surface area contributed by atoms with Crippen LogP contribution < -0.4 is 10.6 Å². The van der Waals surface area contributed by atoms with Crippen LogP contribution in [-0.4, -0.2) is 56.7 Å². The molecule has 1 heterocycles. The highest BCUT2D eigenvalue weighted by molar-refractivity contribution is 7.90. The maximum absolute atomic E-state index is 12.2. The second-order valence-electron chi connectivity index (χ2n) is 8.83. The van der Waals surface area contributed by atoms with E-state index in [1.54, 1.807) is 24.3 Å². The predicted octanol–water partition coefficient (Wildman–Crippen LogP) is 2.36. The largest absolute Gasteiger partial charge is 0.356 e. The van der Waals surface area contributed by atoms with Crippen LogP contribution in [0.25, 0.3) is 0 Å².